The van der Waals surface area contributed by atoms with Crippen LogP contribution in [0.1, 0.15) is 155 Å². The van der Waals surface area contributed by atoms with Gasteiger partial charge in [-0.1, -0.05) is 54.6 Å². The van der Waals surface area contributed by atoms with Crippen LogP contribution in [0.5, 0.6) is 11.5 Å². The molecule has 0 radical (unpaired) electrons. The van der Waals surface area contributed by atoms with E-state index in [0.29, 0.717) is 51.5 Å². The van der Waals surface area contributed by atoms with E-state index in [1.165, 1.54) is 88.4 Å². The molecule has 0 bridgehead atoms. The first-order valence-electron chi connectivity index (χ1n) is 42.5. The maximum absolute atomic E-state index is 13.3. The Morgan fingerprint density at radius 3 is 0.911 bits per heavy atom. The predicted octanol–water partition coefficient (Wildman–Crippen LogP) is 4.53. The summed E-state index contributed by atoms with van der Waals surface area (Å²) in [5, 5.41) is 13.6. The monoisotopic (exact) mass is 2150 g/mol. The number of ether oxygens (including phenoxy) is 1. The smallest absolute Gasteiger partial charge is 0.341 e. The molecule has 9 aromatic rings. The van der Waals surface area contributed by atoms with Crippen molar-refractivity contribution >= 4 is 189 Å². The number of carbonyl (C=O) groups excluding carboxylic acids is 12. The second kappa shape index (κ2) is 48.3. The number of quaternary nitrogens is 4. The van der Waals surface area contributed by atoms with Gasteiger partial charge in [-0.2, -0.15) is 8.42 Å². The standard InChI is InChI=1S/C25H23N3O6S.C21H24N4O5S.C21H24N4O3.C21H23N3O4.4CH4O4S/c1-14(29)27-19-10-6-9-17-21(19)24(30)18-11-12-20(23(26)22(18)25(17)31)35(32,33)34-16-8-5-7-15(13-16)28(2,3)4;1-12(26)24-15-7-5-6-13-17(15)20(27)14-8-9-16(19(22)18(14)21(13)28)31(29,30)23-10-11-25(2,3)4;1-12(26)24-15-7-5-6-13-17(15)20(27)14-8-9-16(19(22)18(14)21(13)28)23-10-11-25(2,3)4;1-12(25)23-15-7-5-6-13-17(15)20(26)14-8-9-16(19(22)18(14)21(13)27)28-11-10-24(2,3)4;4*1-5-6(2,3)4/h5-13H,1-4H3,(H2-,26,27,29,30,31);5-9,23H,10-11H2,1-4H3,(H2-,22,24,26,27,28);5-9H,10-11H2,1-4H3,(H3-,22,23,24,26,27,28);5-9H,10-11H2,1-4H3,(H2-,22,23,25,26,27);4*1H3,(H,2,3,4). The highest BCUT2D eigenvalue weighted by Gasteiger charge is 2.41. The highest BCUT2D eigenvalue weighted by molar-refractivity contribution is 7.89. The van der Waals surface area contributed by atoms with Gasteiger partial charge in [0.1, 0.15) is 40.1 Å². The molecule has 0 aromatic heterocycles. The van der Waals surface area contributed by atoms with Gasteiger partial charge in [-0.15, -0.1) is 0 Å². The van der Waals surface area contributed by atoms with Crippen molar-refractivity contribution in [1.82, 2.24) is 9.21 Å². The zero-order valence-electron chi connectivity index (χ0n) is 82.5. The lowest BCUT2D eigenvalue weighted by molar-refractivity contribution is -0.870. The molecule has 0 saturated carbocycles. The summed E-state index contributed by atoms with van der Waals surface area (Å²) in [6.45, 7) is 8.74. The van der Waals surface area contributed by atoms with Gasteiger partial charge in [-0.25, -0.2) is 46.8 Å². The maximum atomic E-state index is 13.3. The molecule has 48 nitrogen and oxygen atoms in total. The zero-order chi connectivity index (χ0) is 111. The minimum atomic E-state index is -4.43. The van der Waals surface area contributed by atoms with Crippen molar-refractivity contribution in [2.24, 2.45) is 0 Å². The highest BCUT2D eigenvalue weighted by Crippen LogP contribution is 2.44. The lowest BCUT2D eigenvalue weighted by Gasteiger charge is -2.25. The number of nitrogens with zero attached hydrogens (tertiary/aromatic N) is 4. The molecule has 4 amide bonds. The lowest BCUT2D eigenvalue weighted by Crippen LogP contribution is -2.42. The molecule has 146 heavy (non-hydrogen) atoms. The summed E-state index contributed by atoms with van der Waals surface area (Å²) in [7, 11) is 1.11. The average Bonchev–Trinajstić information content (AvgIpc) is 0.753. The molecule has 14 N–H and O–H groups in total. The third kappa shape index (κ3) is 32.8. The minimum absolute atomic E-state index is 0.00175. The van der Waals surface area contributed by atoms with Crippen molar-refractivity contribution < 1.29 is 165 Å². The van der Waals surface area contributed by atoms with E-state index in [-0.39, 0.29) is 181 Å². The molecule has 0 aliphatic heterocycles. The van der Waals surface area contributed by atoms with Crippen molar-refractivity contribution in [1.29, 1.82) is 0 Å². The number of likely N-dealkylation sites (N-methyl/N-ethyl adjacent to an activating group) is 3. The van der Waals surface area contributed by atoms with Gasteiger partial charge in [0.15, 0.2) is 46.3 Å². The van der Waals surface area contributed by atoms with Crippen LogP contribution in [0.3, 0.4) is 0 Å². The summed E-state index contributed by atoms with van der Waals surface area (Å²) in [5.41, 5.74) is 28.5. The van der Waals surface area contributed by atoms with Gasteiger partial charge in [0.2, 0.25) is 75.2 Å². The summed E-state index contributed by atoms with van der Waals surface area (Å²) in [4.78, 5) is 151. The summed E-state index contributed by atoms with van der Waals surface area (Å²) >= 11 is 0. The van der Waals surface area contributed by atoms with Crippen molar-refractivity contribution in [3.63, 3.8) is 0 Å². The Bertz CT molecular complexity index is 7150. The van der Waals surface area contributed by atoms with E-state index in [0.717, 1.165) is 62.2 Å². The SMILES string of the molecule is CC(=O)Nc1cccc2c1C(=O)c1ccc(NCC[N+](C)(C)C)c(N)c1C2=O.CC(=O)Nc1cccc2c1C(=O)c1ccc(OCC[N+](C)(C)C)c(N)c1C2=O.CC(=O)Nc1cccc2c1C(=O)c1ccc(S(=O)(=O)NCC[N+](C)(C)C)c(N)c1C2=O.CC(=O)Nc1cccc2c1C(=O)c1ccc(S(=O)(=O)Oc3cccc([N+](C)(C)C)c3)c(N)c1C2=O.COS(=O)(=O)[O-].COS(=O)(=O)[O-].COS(=O)(=O)[O-].COS(=O)(=O)[O-]. The van der Waals surface area contributed by atoms with Gasteiger partial charge >= 0.3 is 10.1 Å². The van der Waals surface area contributed by atoms with E-state index in [1.807, 2.05) is 69.5 Å². The molecule has 0 unspecified atom stereocenters. The molecular formula is C92H110N14O34S6. The second-order valence-corrected chi connectivity index (χ2v) is 43.3. The van der Waals surface area contributed by atoms with Crippen molar-refractivity contribution in [3.8, 4) is 11.5 Å². The number of nitrogens with two attached hydrogens (primary N) is 4. The van der Waals surface area contributed by atoms with E-state index in [4.69, 9.17) is 31.9 Å². The van der Waals surface area contributed by atoms with E-state index in [2.05, 4.69) is 69.2 Å². The number of carbonyl (C=O) groups is 12. The van der Waals surface area contributed by atoms with E-state index >= 15 is 0 Å². The topological polar surface area (TPSA) is 734 Å². The lowest BCUT2D eigenvalue weighted by atomic mass is 9.82. The molecular weight excluding hydrogens is 2040 g/mol. The summed E-state index contributed by atoms with van der Waals surface area (Å²) in [6.07, 6.45) is 0. The van der Waals surface area contributed by atoms with Crippen LogP contribution in [-0.2, 0) is 97.6 Å². The Labute approximate surface area is 843 Å². The summed E-state index contributed by atoms with van der Waals surface area (Å²) in [5.74, 6) is -4.55. The molecule has 4 aliphatic rings. The van der Waals surface area contributed by atoms with Crippen molar-refractivity contribution in [2.75, 3.05) is 202 Å². The van der Waals surface area contributed by atoms with Crippen LogP contribution in [-0.4, -0.2) is 304 Å². The molecule has 9 aromatic carbocycles. The Kier molecular flexibility index (Phi) is 40.0. The van der Waals surface area contributed by atoms with E-state index in [1.54, 1.807) is 72.8 Å². The molecule has 0 fully saturated rings. The van der Waals surface area contributed by atoms with Crippen LogP contribution in [0.2, 0.25) is 0 Å². The molecule has 0 spiro atoms. The fraction of sp³-hybridized carbons (Fsp3) is 0.283. The fourth-order valence-electron chi connectivity index (χ4n) is 13.8. The van der Waals surface area contributed by atoms with Crippen LogP contribution in [0.25, 0.3) is 0 Å². The third-order valence-electron chi connectivity index (χ3n) is 20.5. The molecule has 0 saturated heterocycles. The van der Waals surface area contributed by atoms with Crippen LogP contribution in [0, 0.1) is 0 Å². The van der Waals surface area contributed by atoms with Gasteiger partial charge < -0.3 is 90.1 Å². The first-order chi connectivity index (χ1) is 67.1. The number of nitrogens with one attached hydrogen (secondary N) is 6. The molecule has 0 heterocycles. The second-order valence-electron chi connectivity index (χ2n) is 35.5. The summed E-state index contributed by atoms with van der Waals surface area (Å²) in [6, 6.07) is 36.6. The number of ketones is 8. The average molecular weight is 2150 g/mol. The van der Waals surface area contributed by atoms with Gasteiger partial charge in [-0.3, -0.25) is 78.7 Å². The van der Waals surface area contributed by atoms with Crippen molar-refractivity contribution in [3.05, 3.63) is 235 Å². The van der Waals surface area contributed by atoms with Gasteiger partial charge in [0, 0.05) is 78.3 Å². The number of hydrogen-bond acceptors (Lipinski definition) is 39. The molecule has 13 rings (SSSR count). The number of rotatable bonds is 25. The quantitative estimate of drug-likeness (QED) is 0.0123. The van der Waals surface area contributed by atoms with Crippen LogP contribution >= 0.6 is 0 Å². The van der Waals surface area contributed by atoms with Gasteiger partial charge in [0.25, 0.3) is 0 Å². The Balaban J connectivity index is 0.000000276. The largest absolute Gasteiger partial charge is 0.726 e. The molecule has 4 aliphatic carbocycles. The van der Waals surface area contributed by atoms with E-state index in [9.17, 15) is 126 Å². The van der Waals surface area contributed by atoms with Gasteiger partial charge in [-0.05, 0) is 84.9 Å². The first-order valence-corrected chi connectivity index (χ1v) is 50.7. The van der Waals surface area contributed by atoms with Gasteiger partial charge in [0.05, 0.1) is 235 Å². The number of fused-ring (bicyclic) bond motifs is 8. The number of amides is 4. The highest BCUT2D eigenvalue weighted by atomic mass is 32.3. The number of hydrogen-bond donors (Lipinski definition) is 10. The van der Waals surface area contributed by atoms with Crippen LogP contribution < -0.4 is 67.6 Å². The predicted molar refractivity (Wildman–Crippen MR) is 532 cm³/mol. The summed E-state index contributed by atoms with van der Waals surface area (Å²) < 4.78 is 192. The van der Waals surface area contributed by atoms with Crippen LogP contribution in [0.15, 0.2) is 155 Å². The number of sulfonamides is 1. The molecule has 54 heteroatoms. The maximum Gasteiger partial charge on any atom is 0.341 e. The normalized spacial score (nSPS) is 12.9. The Hall–Kier alpha value is -14.0. The van der Waals surface area contributed by atoms with E-state index < -0.39 is 95.7 Å². The minimum Gasteiger partial charge on any atom is -0.726 e. The third-order valence-corrected chi connectivity index (χ3v) is 25.0. The molecule has 788 valence electrons. The first kappa shape index (κ1) is 121. The Morgan fingerprint density at radius 2 is 0.596 bits per heavy atom. The Morgan fingerprint density at radius 1 is 0.322 bits per heavy atom. The fourth-order valence-corrected chi connectivity index (χ4v) is 16.0. The number of benzene rings is 9. The number of anilines is 9. The van der Waals surface area contributed by atoms with Crippen LogP contribution in [0.4, 0.5) is 56.9 Å². The molecule has 0 atom stereocenters. The zero-order valence-corrected chi connectivity index (χ0v) is 87.4. The van der Waals surface area contributed by atoms with Crippen molar-refractivity contribution in [2.45, 2.75) is 37.5 Å². The number of nitrogen functional groups attached to an aromatic ring is 4.